The number of carbonyl (C=O) groups excluding carboxylic acids is 2. The highest BCUT2D eigenvalue weighted by molar-refractivity contribution is 6.33. The predicted molar refractivity (Wildman–Crippen MR) is 115 cm³/mol. The summed E-state index contributed by atoms with van der Waals surface area (Å²) in [5.74, 6) is 0.660. The van der Waals surface area contributed by atoms with Crippen LogP contribution in [0.5, 0.6) is 11.5 Å². The maximum Gasteiger partial charge on any atom is 0.253 e. The Hall–Kier alpha value is -3.31. The summed E-state index contributed by atoms with van der Waals surface area (Å²) in [6.07, 6.45) is 0. The topological polar surface area (TPSA) is 67.4 Å². The maximum absolute atomic E-state index is 12.4. The zero-order chi connectivity index (χ0) is 20.8. The lowest BCUT2D eigenvalue weighted by molar-refractivity contribution is -0.117. The van der Waals surface area contributed by atoms with Gasteiger partial charge in [-0.05, 0) is 62.4 Å². The van der Waals surface area contributed by atoms with Gasteiger partial charge in [0, 0.05) is 5.69 Å². The Labute approximate surface area is 174 Å². The number of hydrogen-bond donors (Lipinski definition) is 2. The minimum Gasteiger partial charge on any atom is -0.457 e. The van der Waals surface area contributed by atoms with Crippen molar-refractivity contribution in [3.05, 3.63) is 88.9 Å². The molecule has 0 bridgehead atoms. The third kappa shape index (κ3) is 5.59. The first-order chi connectivity index (χ1) is 13.9. The molecule has 3 aromatic rings. The zero-order valence-electron chi connectivity index (χ0n) is 16.1. The monoisotopic (exact) mass is 408 g/mol. The fraction of sp³-hybridized carbons (Fsp3) is 0.130. The number of halogens is 1. The van der Waals surface area contributed by atoms with Crippen LogP contribution in [-0.2, 0) is 4.79 Å². The summed E-state index contributed by atoms with van der Waals surface area (Å²) < 4.78 is 5.77. The van der Waals surface area contributed by atoms with Crippen molar-refractivity contribution >= 4 is 29.1 Å². The molecule has 0 unspecified atom stereocenters. The van der Waals surface area contributed by atoms with Gasteiger partial charge in [-0.2, -0.15) is 0 Å². The van der Waals surface area contributed by atoms with Gasteiger partial charge in [0.15, 0.2) is 0 Å². The number of benzene rings is 3. The Morgan fingerprint density at radius 3 is 2.10 bits per heavy atom. The second kappa shape index (κ2) is 9.26. The van der Waals surface area contributed by atoms with E-state index in [1.165, 1.54) is 0 Å². The molecule has 6 heteroatoms. The zero-order valence-corrected chi connectivity index (χ0v) is 16.9. The van der Waals surface area contributed by atoms with Crippen LogP contribution in [0, 0.1) is 6.92 Å². The van der Waals surface area contributed by atoms with Crippen molar-refractivity contribution < 1.29 is 14.3 Å². The summed E-state index contributed by atoms with van der Waals surface area (Å²) in [7, 11) is 0. The highest BCUT2D eigenvalue weighted by Crippen LogP contribution is 2.23. The van der Waals surface area contributed by atoms with E-state index in [9.17, 15) is 9.59 Å². The quantitative estimate of drug-likeness (QED) is 0.589. The average molecular weight is 409 g/mol. The van der Waals surface area contributed by atoms with Gasteiger partial charge in [-0.1, -0.05) is 41.4 Å². The van der Waals surface area contributed by atoms with Gasteiger partial charge in [0.05, 0.1) is 10.6 Å². The molecule has 0 saturated carbocycles. The Balaban J connectivity index is 1.56. The summed E-state index contributed by atoms with van der Waals surface area (Å²) in [4.78, 5) is 24.7. The van der Waals surface area contributed by atoms with Gasteiger partial charge < -0.3 is 15.4 Å². The number of anilines is 1. The molecule has 3 rings (SSSR count). The predicted octanol–water partition coefficient (Wildman–Crippen LogP) is 5.20. The third-order valence-electron chi connectivity index (χ3n) is 4.24. The lowest BCUT2D eigenvalue weighted by atomic mass is 10.2. The molecule has 0 aliphatic carbocycles. The SMILES string of the molecule is Cc1ccc(Oc2ccc(NC(=O)[C@H](C)NC(=O)c3ccccc3Cl)cc2)cc1. The number of nitrogens with one attached hydrogen (secondary N) is 2. The van der Waals surface area contributed by atoms with Crippen molar-refractivity contribution in [1.82, 2.24) is 5.32 Å². The molecule has 5 nitrogen and oxygen atoms in total. The van der Waals surface area contributed by atoms with E-state index in [0.717, 1.165) is 11.3 Å². The van der Waals surface area contributed by atoms with Gasteiger partial charge in [0.2, 0.25) is 5.91 Å². The largest absolute Gasteiger partial charge is 0.457 e. The minimum atomic E-state index is -0.734. The number of hydrogen-bond acceptors (Lipinski definition) is 3. The van der Waals surface area contributed by atoms with Gasteiger partial charge in [-0.3, -0.25) is 9.59 Å². The molecule has 0 aliphatic heterocycles. The van der Waals surface area contributed by atoms with Crippen LogP contribution in [0.4, 0.5) is 5.69 Å². The first-order valence-corrected chi connectivity index (χ1v) is 9.51. The Bertz CT molecular complexity index is 1000. The van der Waals surface area contributed by atoms with Crippen molar-refractivity contribution in [1.29, 1.82) is 0 Å². The van der Waals surface area contributed by atoms with E-state index in [-0.39, 0.29) is 5.91 Å². The highest BCUT2D eigenvalue weighted by atomic mass is 35.5. The van der Waals surface area contributed by atoms with Crippen LogP contribution in [-0.4, -0.2) is 17.9 Å². The second-order valence-electron chi connectivity index (χ2n) is 6.60. The van der Waals surface area contributed by atoms with Gasteiger partial charge in [0.1, 0.15) is 17.5 Å². The first kappa shape index (κ1) is 20.4. The average Bonchev–Trinajstić information content (AvgIpc) is 2.71. The van der Waals surface area contributed by atoms with Crippen LogP contribution in [0.15, 0.2) is 72.8 Å². The standard InChI is InChI=1S/C23H21ClN2O3/c1-15-7-11-18(12-8-15)29-19-13-9-17(10-14-19)26-22(27)16(2)25-23(28)20-5-3-4-6-21(20)24/h3-14,16H,1-2H3,(H,25,28)(H,26,27)/t16-/m0/s1. The number of ether oxygens (including phenoxy) is 1. The van der Waals surface area contributed by atoms with E-state index in [1.54, 1.807) is 55.5 Å². The Morgan fingerprint density at radius 2 is 1.48 bits per heavy atom. The van der Waals surface area contributed by atoms with E-state index < -0.39 is 11.9 Å². The van der Waals surface area contributed by atoms with Crippen LogP contribution in [0.2, 0.25) is 5.02 Å². The second-order valence-corrected chi connectivity index (χ2v) is 7.01. The van der Waals surface area contributed by atoms with Gasteiger partial charge in [0.25, 0.3) is 5.91 Å². The molecule has 0 radical (unpaired) electrons. The molecule has 0 spiro atoms. The molecule has 0 saturated heterocycles. The Kier molecular flexibility index (Phi) is 6.52. The number of carbonyl (C=O) groups is 2. The summed E-state index contributed by atoms with van der Waals surface area (Å²) in [6, 6.07) is 20.7. The Morgan fingerprint density at radius 1 is 0.897 bits per heavy atom. The molecule has 0 aromatic heterocycles. The summed E-state index contributed by atoms with van der Waals surface area (Å²) in [5.41, 5.74) is 2.09. The molecular weight excluding hydrogens is 388 g/mol. The van der Waals surface area contributed by atoms with Crippen molar-refractivity contribution in [3.8, 4) is 11.5 Å². The van der Waals surface area contributed by atoms with E-state index in [4.69, 9.17) is 16.3 Å². The van der Waals surface area contributed by atoms with Crippen LogP contribution >= 0.6 is 11.6 Å². The molecule has 29 heavy (non-hydrogen) atoms. The molecule has 0 aliphatic rings. The van der Waals surface area contributed by atoms with Crippen LogP contribution in [0.1, 0.15) is 22.8 Å². The van der Waals surface area contributed by atoms with E-state index in [1.807, 2.05) is 31.2 Å². The lowest BCUT2D eigenvalue weighted by Gasteiger charge is -2.15. The molecule has 0 fully saturated rings. The first-order valence-electron chi connectivity index (χ1n) is 9.13. The summed E-state index contributed by atoms with van der Waals surface area (Å²) in [6.45, 7) is 3.62. The van der Waals surface area contributed by atoms with E-state index in [0.29, 0.717) is 22.0 Å². The van der Waals surface area contributed by atoms with E-state index >= 15 is 0 Å². The van der Waals surface area contributed by atoms with Gasteiger partial charge >= 0.3 is 0 Å². The number of aryl methyl sites for hydroxylation is 1. The molecule has 2 N–H and O–H groups in total. The molecule has 3 aromatic carbocycles. The normalized spacial score (nSPS) is 11.4. The fourth-order valence-electron chi connectivity index (χ4n) is 2.58. The van der Waals surface area contributed by atoms with Gasteiger partial charge in [-0.25, -0.2) is 0 Å². The number of rotatable bonds is 6. The van der Waals surface area contributed by atoms with Gasteiger partial charge in [-0.15, -0.1) is 0 Å². The summed E-state index contributed by atoms with van der Waals surface area (Å²) >= 11 is 6.02. The van der Waals surface area contributed by atoms with Crippen molar-refractivity contribution in [2.75, 3.05) is 5.32 Å². The number of amides is 2. The van der Waals surface area contributed by atoms with Crippen LogP contribution in [0.25, 0.3) is 0 Å². The highest BCUT2D eigenvalue weighted by Gasteiger charge is 2.18. The van der Waals surface area contributed by atoms with Crippen LogP contribution in [0.3, 0.4) is 0 Å². The van der Waals surface area contributed by atoms with Crippen molar-refractivity contribution in [2.24, 2.45) is 0 Å². The summed E-state index contributed by atoms with van der Waals surface area (Å²) in [5, 5.41) is 5.75. The fourth-order valence-corrected chi connectivity index (χ4v) is 2.81. The third-order valence-corrected chi connectivity index (χ3v) is 4.57. The lowest BCUT2D eigenvalue weighted by Crippen LogP contribution is -2.41. The molecule has 148 valence electrons. The molecular formula is C23H21ClN2O3. The maximum atomic E-state index is 12.4. The van der Waals surface area contributed by atoms with Crippen molar-refractivity contribution in [3.63, 3.8) is 0 Å². The van der Waals surface area contributed by atoms with Crippen molar-refractivity contribution in [2.45, 2.75) is 19.9 Å². The minimum absolute atomic E-state index is 0.325. The molecule has 2 amide bonds. The smallest absolute Gasteiger partial charge is 0.253 e. The van der Waals surface area contributed by atoms with Crippen LogP contribution < -0.4 is 15.4 Å². The molecule has 0 heterocycles. The van der Waals surface area contributed by atoms with E-state index in [2.05, 4.69) is 10.6 Å². The molecule has 1 atom stereocenters.